The van der Waals surface area contributed by atoms with Crippen molar-refractivity contribution in [1.29, 1.82) is 0 Å². The number of sulfonamides is 1. The number of amides is 1. The lowest BCUT2D eigenvalue weighted by Gasteiger charge is -2.31. The van der Waals surface area contributed by atoms with Gasteiger partial charge in [-0.3, -0.25) is 4.79 Å². The summed E-state index contributed by atoms with van der Waals surface area (Å²) in [4.78, 5) is 14.7. The third-order valence-corrected chi connectivity index (χ3v) is 6.58. The number of hydrogen-bond acceptors (Lipinski definition) is 5. The Balaban J connectivity index is 2.41. The van der Waals surface area contributed by atoms with E-state index in [0.717, 1.165) is 5.69 Å². The van der Waals surface area contributed by atoms with Gasteiger partial charge in [-0.25, -0.2) is 8.42 Å². The average molecular weight is 398 g/mol. The van der Waals surface area contributed by atoms with E-state index in [-0.39, 0.29) is 16.7 Å². The number of rotatable bonds is 8. The van der Waals surface area contributed by atoms with Gasteiger partial charge in [-0.1, -0.05) is 27.7 Å². The molecule has 0 atom stereocenters. The van der Waals surface area contributed by atoms with E-state index in [0.29, 0.717) is 51.5 Å². The fourth-order valence-corrected chi connectivity index (χ4v) is 4.63. The van der Waals surface area contributed by atoms with Crippen LogP contribution in [0.2, 0.25) is 0 Å². The Morgan fingerprint density at radius 1 is 1.22 bits per heavy atom. The Labute approximate surface area is 162 Å². The number of carbonyl (C=O) groups is 1. The fraction of sp³-hybridized carbons (Fsp3) is 0.632. The lowest BCUT2D eigenvalue weighted by molar-refractivity contribution is -0.116. The first-order valence-electron chi connectivity index (χ1n) is 9.56. The summed E-state index contributed by atoms with van der Waals surface area (Å²) in [5.41, 5.74) is 1.37. The molecule has 27 heavy (non-hydrogen) atoms. The summed E-state index contributed by atoms with van der Waals surface area (Å²) in [6, 6.07) is 4.99. The molecule has 1 fully saturated rings. The van der Waals surface area contributed by atoms with Gasteiger partial charge in [0.05, 0.1) is 29.5 Å². The minimum atomic E-state index is -3.59. The van der Waals surface area contributed by atoms with E-state index in [2.05, 4.69) is 10.2 Å². The number of anilines is 2. The summed E-state index contributed by atoms with van der Waals surface area (Å²) in [7, 11) is -3.59. The fourth-order valence-electron chi connectivity index (χ4n) is 3.14. The Bertz CT molecular complexity index is 739. The van der Waals surface area contributed by atoms with Gasteiger partial charge >= 0.3 is 0 Å². The summed E-state index contributed by atoms with van der Waals surface area (Å²) in [6.07, 6.45) is 0.384. The first-order valence-corrected chi connectivity index (χ1v) is 11.0. The molecule has 1 saturated heterocycles. The average Bonchev–Trinajstić information content (AvgIpc) is 2.62. The first kappa shape index (κ1) is 21.7. The van der Waals surface area contributed by atoms with Gasteiger partial charge in [-0.05, 0) is 24.1 Å². The number of benzene rings is 1. The monoisotopic (exact) mass is 397 g/mol. The van der Waals surface area contributed by atoms with Crippen molar-refractivity contribution in [3.8, 4) is 0 Å². The minimum Gasteiger partial charge on any atom is -0.378 e. The third kappa shape index (κ3) is 5.43. The van der Waals surface area contributed by atoms with E-state index in [1.54, 1.807) is 18.2 Å². The van der Waals surface area contributed by atoms with Crippen LogP contribution in [-0.2, 0) is 19.6 Å². The number of carbonyl (C=O) groups excluding carboxylic acids is 1. The van der Waals surface area contributed by atoms with Crippen LogP contribution < -0.4 is 10.2 Å². The summed E-state index contributed by atoms with van der Waals surface area (Å²) >= 11 is 0. The predicted molar refractivity (Wildman–Crippen MR) is 108 cm³/mol. The maximum atomic E-state index is 12.9. The normalized spacial score (nSPS) is 15.4. The molecule has 0 aromatic heterocycles. The van der Waals surface area contributed by atoms with E-state index >= 15 is 0 Å². The summed E-state index contributed by atoms with van der Waals surface area (Å²) in [5, 5.41) is 2.92. The maximum absolute atomic E-state index is 12.9. The van der Waals surface area contributed by atoms with Crippen LogP contribution in [0.5, 0.6) is 0 Å². The van der Waals surface area contributed by atoms with Gasteiger partial charge in [0.15, 0.2) is 0 Å². The molecular formula is C19H31N3O4S. The number of nitrogens with one attached hydrogen (secondary N) is 1. The molecule has 152 valence electrons. The van der Waals surface area contributed by atoms with Crippen LogP contribution in [0.15, 0.2) is 23.1 Å². The number of nitrogens with zero attached hydrogens (tertiary/aromatic N) is 2. The minimum absolute atomic E-state index is 0.114. The molecule has 0 bridgehead atoms. The highest BCUT2D eigenvalue weighted by atomic mass is 32.2. The standard InChI is InChI=1S/C19H31N3O4S/c1-5-22(6-2)27(24,25)16-7-8-18(21-9-11-26-12-10-21)17(14-16)20-19(23)13-15(3)4/h7-8,14-15H,5-6,9-13H2,1-4H3,(H,20,23). The second kappa shape index (κ2) is 9.52. The van der Waals surface area contributed by atoms with Gasteiger partial charge in [0.25, 0.3) is 0 Å². The number of hydrogen-bond donors (Lipinski definition) is 1. The smallest absolute Gasteiger partial charge is 0.243 e. The molecule has 2 rings (SSSR count). The second-order valence-corrected chi connectivity index (χ2v) is 8.95. The molecule has 1 amide bonds. The van der Waals surface area contributed by atoms with Crippen molar-refractivity contribution in [1.82, 2.24) is 4.31 Å². The highest BCUT2D eigenvalue weighted by Gasteiger charge is 2.24. The van der Waals surface area contributed by atoms with Crippen LogP contribution in [0.3, 0.4) is 0 Å². The molecule has 8 heteroatoms. The van der Waals surface area contributed by atoms with Crippen LogP contribution in [0.1, 0.15) is 34.1 Å². The molecule has 1 aromatic rings. The second-order valence-electron chi connectivity index (χ2n) is 7.01. The summed E-state index contributed by atoms with van der Waals surface area (Å²) < 4.78 is 32.6. The molecule has 0 aliphatic carbocycles. The first-order chi connectivity index (χ1) is 12.8. The van der Waals surface area contributed by atoms with Crippen molar-refractivity contribution in [2.75, 3.05) is 49.6 Å². The molecule has 1 aromatic carbocycles. The Morgan fingerprint density at radius 3 is 2.41 bits per heavy atom. The molecular weight excluding hydrogens is 366 g/mol. The van der Waals surface area contributed by atoms with E-state index in [1.165, 1.54) is 4.31 Å². The lowest BCUT2D eigenvalue weighted by Crippen LogP contribution is -2.37. The molecule has 1 aliphatic heterocycles. The van der Waals surface area contributed by atoms with Crippen molar-refractivity contribution in [3.05, 3.63) is 18.2 Å². The zero-order valence-electron chi connectivity index (χ0n) is 16.7. The van der Waals surface area contributed by atoms with E-state index in [1.807, 2.05) is 27.7 Å². The van der Waals surface area contributed by atoms with Crippen LogP contribution >= 0.6 is 0 Å². The number of morpholine rings is 1. The molecule has 0 saturated carbocycles. The van der Waals surface area contributed by atoms with E-state index < -0.39 is 10.0 Å². The lowest BCUT2D eigenvalue weighted by atomic mass is 10.1. The van der Waals surface area contributed by atoms with Crippen molar-refractivity contribution in [2.24, 2.45) is 5.92 Å². The predicted octanol–water partition coefficient (Wildman–Crippen LogP) is 2.54. The van der Waals surface area contributed by atoms with E-state index in [9.17, 15) is 13.2 Å². The van der Waals surface area contributed by atoms with Gasteiger partial charge < -0.3 is 15.0 Å². The molecule has 0 radical (unpaired) electrons. The molecule has 1 heterocycles. The van der Waals surface area contributed by atoms with Gasteiger partial charge in [0.2, 0.25) is 15.9 Å². The molecule has 1 aliphatic rings. The van der Waals surface area contributed by atoms with Gasteiger partial charge in [0, 0.05) is 32.6 Å². The highest BCUT2D eigenvalue weighted by Crippen LogP contribution is 2.31. The topological polar surface area (TPSA) is 79.0 Å². The van der Waals surface area contributed by atoms with Crippen LogP contribution in [0, 0.1) is 5.92 Å². The summed E-state index contributed by atoms with van der Waals surface area (Å²) in [6.45, 7) is 11.0. The largest absolute Gasteiger partial charge is 0.378 e. The van der Waals surface area contributed by atoms with Gasteiger partial charge in [-0.2, -0.15) is 4.31 Å². The summed E-state index contributed by atoms with van der Waals surface area (Å²) in [5.74, 6) is 0.108. The van der Waals surface area contributed by atoms with Gasteiger partial charge in [-0.15, -0.1) is 0 Å². The molecule has 0 spiro atoms. The van der Waals surface area contributed by atoms with Crippen LogP contribution in [-0.4, -0.2) is 58.0 Å². The quantitative estimate of drug-likeness (QED) is 0.729. The Hall–Kier alpha value is -1.64. The Morgan fingerprint density at radius 2 is 1.85 bits per heavy atom. The van der Waals surface area contributed by atoms with Gasteiger partial charge in [0.1, 0.15) is 0 Å². The SMILES string of the molecule is CCN(CC)S(=O)(=O)c1ccc(N2CCOCC2)c(NC(=O)CC(C)C)c1. The number of ether oxygens (including phenoxy) is 1. The van der Waals surface area contributed by atoms with Crippen LogP contribution in [0.4, 0.5) is 11.4 Å². The zero-order valence-corrected chi connectivity index (χ0v) is 17.5. The van der Waals surface area contributed by atoms with Crippen molar-refractivity contribution in [2.45, 2.75) is 39.0 Å². The maximum Gasteiger partial charge on any atom is 0.243 e. The highest BCUT2D eigenvalue weighted by molar-refractivity contribution is 7.89. The van der Waals surface area contributed by atoms with Crippen LogP contribution in [0.25, 0.3) is 0 Å². The molecule has 1 N–H and O–H groups in total. The van der Waals surface area contributed by atoms with Crippen molar-refractivity contribution < 1.29 is 17.9 Å². The van der Waals surface area contributed by atoms with E-state index in [4.69, 9.17) is 4.74 Å². The molecule has 7 nitrogen and oxygen atoms in total. The molecule has 0 unspecified atom stereocenters. The zero-order chi connectivity index (χ0) is 20.0. The third-order valence-electron chi connectivity index (χ3n) is 4.53. The van der Waals surface area contributed by atoms with Crippen molar-refractivity contribution >= 4 is 27.3 Å². The Kier molecular flexibility index (Phi) is 7.64. The van der Waals surface area contributed by atoms with Crippen molar-refractivity contribution in [3.63, 3.8) is 0 Å².